The molecule has 1 heterocycles. The van der Waals surface area contributed by atoms with Crippen molar-refractivity contribution in [2.24, 2.45) is 0 Å². The van der Waals surface area contributed by atoms with Gasteiger partial charge in [0.25, 0.3) is 0 Å². The standard InChI is InChI=1S/C12H16BrNO2S/c1-17(15,16)14-8-6-11(7-9-14)10-2-4-12(13)5-3-10/h2-5,11H,6-9H2,1H3. The van der Waals surface area contributed by atoms with E-state index in [9.17, 15) is 8.42 Å². The van der Waals surface area contributed by atoms with Crippen molar-refractivity contribution >= 4 is 26.0 Å². The van der Waals surface area contributed by atoms with Crippen LogP contribution in [0.4, 0.5) is 0 Å². The maximum atomic E-state index is 11.4. The summed E-state index contributed by atoms with van der Waals surface area (Å²) in [6.45, 7) is 1.28. The third-order valence-corrected chi connectivity index (χ3v) is 5.10. The first kappa shape index (κ1) is 13.1. The van der Waals surface area contributed by atoms with Crippen LogP contribution in [0.1, 0.15) is 24.3 Å². The average Bonchev–Trinajstić information content (AvgIpc) is 2.29. The van der Waals surface area contributed by atoms with Gasteiger partial charge in [-0.15, -0.1) is 0 Å². The minimum Gasteiger partial charge on any atom is -0.213 e. The minimum atomic E-state index is -3.01. The summed E-state index contributed by atoms with van der Waals surface area (Å²) in [6, 6.07) is 8.31. The van der Waals surface area contributed by atoms with Crippen molar-refractivity contribution in [1.29, 1.82) is 0 Å². The number of sulfonamides is 1. The van der Waals surface area contributed by atoms with Gasteiger partial charge in [0.15, 0.2) is 0 Å². The van der Waals surface area contributed by atoms with Gasteiger partial charge in [0.1, 0.15) is 0 Å². The molecule has 0 aromatic heterocycles. The fraction of sp³-hybridized carbons (Fsp3) is 0.500. The summed E-state index contributed by atoms with van der Waals surface area (Å²) in [5.74, 6) is 0.487. The first-order valence-electron chi connectivity index (χ1n) is 5.67. The van der Waals surface area contributed by atoms with E-state index in [0.29, 0.717) is 19.0 Å². The molecule has 94 valence electrons. The first-order chi connectivity index (χ1) is 7.97. The molecule has 0 saturated carbocycles. The molecule has 0 N–H and O–H groups in total. The maximum Gasteiger partial charge on any atom is 0.211 e. The summed E-state index contributed by atoms with van der Waals surface area (Å²) in [7, 11) is -3.01. The number of rotatable bonds is 2. The lowest BCUT2D eigenvalue weighted by atomic mass is 9.90. The SMILES string of the molecule is CS(=O)(=O)N1CCC(c2ccc(Br)cc2)CC1. The summed E-state index contributed by atoms with van der Waals surface area (Å²) in [6.07, 6.45) is 3.11. The minimum absolute atomic E-state index is 0.487. The van der Waals surface area contributed by atoms with Crippen LogP contribution in [0, 0.1) is 0 Å². The summed E-state index contributed by atoms with van der Waals surface area (Å²) in [4.78, 5) is 0. The van der Waals surface area contributed by atoms with E-state index in [1.807, 2.05) is 12.1 Å². The molecular weight excluding hydrogens is 302 g/mol. The highest BCUT2D eigenvalue weighted by atomic mass is 79.9. The Bertz CT molecular complexity index is 476. The Kier molecular flexibility index (Phi) is 3.90. The van der Waals surface area contributed by atoms with E-state index < -0.39 is 10.0 Å². The van der Waals surface area contributed by atoms with E-state index in [1.54, 1.807) is 4.31 Å². The molecule has 0 amide bonds. The monoisotopic (exact) mass is 317 g/mol. The van der Waals surface area contributed by atoms with E-state index in [0.717, 1.165) is 17.3 Å². The number of hydrogen-bond acceptors (Lipinski definition) is 2. The molecule has 0 radical (unpaired) electrons. The molecule has 0 atom stereocenters. The normalized spacial score (nSPS) is 19.4. The highest BCUT2D eigenvalue weighted by Crippen LogP contribution is 2.29. The van der Waals surface area contributed by atoms with Crippen molar-refractivity contribution in [3.63, 3.8) is 0 Å². The van der Waals surface area contributed by atoms with Crippen molar-refractivity contribution in [2.75, 3.05) is 19.3 Å². The van der Waals surface area contributed by atoms with Crippen molar-refractivity contribution in [3.05, 3.63) is 34.3 Å². The van der Waals surface area contributed by atoms with Gasteiger partial charge < -0.3 is 0 Å². The Balaban J connectivity index is 2.02. The van der Waals surface area contributed by atoms with E-state index >= 15 is 0 Å². The Morgan fingerprint density at radius 3 is 2.18 bits per heavy atom. The Hall–Kier alpha value is -0.390. The van der Waals surface area contributed by atoms with E-state index in [-0.39, 0.29) is 0 Å². The third-order valence-electron chi connectivity index (χ3n) is 3.26. The number of nitrogens with zero attached hydrogens (tertiary/aromatic N) is 1. The maximum absolute atomic E-state index is 11.4. The summed E-state index contributed by atoms with van der Waals surface area (Å²) in [5, 5.41) is 0. The lowest BCUT2D eigenvalue weighted by molar-refractivity contribution is 0.321. The highest BCUT2D eigenvalue weighted by Gasteiger charge is 2.25. The van der Waals surface area contributed by atoms with E-state index in [1.165, 1.54) is 11.8 Å². The smallest absolute Gasteiger partial charge is 0.211 e. The molecule has 0 bridgehead atoms. The zero-order valence-corrected chi connectivity index (χ0v) is 12.2. The molecule has 17 heavy (non-hydrogen) atoms. The number of hydrogen-bond donors (Lipinski definition) is 0. The van der Waals surface area contributed by atoms with Gasteiger partial charge in [-0.3, -0.25) is 0 Å². The predicted octanol–water partition coefficient (Wildman–Crippen LogP) is 2.59. The van der Waals surface area contributed by atoms with Gasteiger partial charge in [0.05, 0.1) is 6.26 Å². The van der Waals surface area contributed by atoms with Crippen LogP contribution >= 0.6 is 15.9 Å². The molecule has 1 aromatic carbocycles. The topological polar surface area (TPSA) is 37.4 Å². The largest absolute Gasteiger partial charge is 0.213 e. The number of piperidine rings is 1. The van der Waals surface area contributed by atoms with Gasteiger partial charge in [-0.2, -0.15) is 0 Å². The fourth-order valence-corrected chi connectivity index (χ4v) is 3.39. The second kappa shape index (κ2) is 5.08. The Labute approximate surface area is 111 Å². The van der Waals surface area contributed by atoms with Crippen LogP contribution in [0.3, 0.4) is 0 Å². The van der Waals surface area contributed by atoms with Crippen molar-refractivity contribution in [1.82, 2.24) is 4.31 Å². The Morgan fingerprint density at radius 2 is 1.71 bits per heavy atom. The zero-order valence-electron chi connectivity index (χ0n) is 9.77. The summed E-state index contributed by atoms with van der Waals surface area (Å²) in [5.41, 5.74) is 1.31. The van der Waals surface area contributed by atoms with Crippen LogP contribution in [-0.2, 0) is 10.0 Å². The lowest BCUT2D eigenvalue weighted by Gasteiger charge is -2.30. The molecule has 1 aliphatic rings. The third kappa shape index (κ3) is 3.30. The van der Waals surface area contributed by atoms with Gasteiger partial charge in [-0.1, -0.05) is 28.1 Å². The number of halogens is 1. The van der Waals surface area contributed by atoms with E-state index in [2.05, 4.69) is 28.1 Å². The number of benzene rings is 1. The second-order valence-corrected chi connectivity index (χ2v) is 7.39. The van der Waals surface area contributed by atoms with Crippen LogP contribution in [-0.4, -0.2) is 32.1 Å². The molecule has 1 aliphatic heterocycles. The van der Waals surface area contributed by atoms with Crippen LogP contribution in [0.25, 0.3) is 0 Å². The van der Waals surface area contributed by atoms with Gasteiger partial charge in [-0.05, 0) is 36.5 Å². The van der Waals surface area contributed by atoms with Gasteiger partial charge in [0.2, 0.25) is 10.0 Å². The molecule has 1 aromatic rings. The average molecular weight is 318 g/mol. The highest BCUT2D eigenvalue weighted by molar-refractivity contribution is 9.10. The van der Waals surface area contributed by atoms with E-state index in [4.69, 9.17) is 0 Å². The predicted molar refractivity (Wildman–Crippen MR) is 72.5 cm³/mol. The molecule has 5 heteroatoms. The molecular formula is C12H16BrNO2S. The molecule has 2 rings (SSSR count). The van der Waals surface area contributed by atoms with Crippen LogP contribution in [0.2, 0.25) is 0 Å². The second-order valence-electron chi connectivity index (χ2n) is 4.49. The molecule has 0 aliphatic carbocycles. The zero-order chi connectivity index (χ0) is 12.5. The molecule has 1 fully saturated rings. The van der Waals surface area contributed by atoms with Gasteiger partial charge >= 0.3 is 0 Å². The Morgan fingerprint density at radius 1 is 1.18 bits per heavy atom. The fourth-order valence-electron chi connectivity index (χ4n) is 2.26. The quantitative estimate of drug-likeness (QED) is 0.840. The van der Waals surface area contributed by atoms with Crippen molar-refractivity contribution < 1.29 is 8.42 Å². The van der Waals surface area contributed by atoms with Gasteiger partial charge in [0, 0.05) is 17.6 Å². The summed E-state index contributed by atoms with van der Waals surface area (Å²) >= 11 is 3.42. The molecule has 0 spiro atoms. The van der Waals surface area contributed by atoms with Crippen LogP contribution in [0.5, 0.6) is 0 Å². The lowest BCUT2D eigenvalue weighted by Crippen LogP contribution is -2.37. The van der Waals surface area contributed by atoms with Gasteiger partial charge in [-0.25, -0.2) is 12.7 Å². The van der Waals surface area contributed by atoms with Crippen molar-refractivity contribution in [3.8, 4) is 0 Å². The molecule has 1 saturated heterocycles. The van der Waals surface area contributed by atoms with Crippen molar-refractivity contribution in [2.45, 2.75) is 18.8 Å². The molecule has 3 nitrogen and oxygen atoms in total. The molecule has 0 unspecified atom stereocenters. The first-order valence-corrected chi connectivity index (χ1v) is 8.31. The van der Waals surface area contributed by atoms with Crippen LogP contribution in [0.15, 0.2) is 28.7 Å². The van der Waals surface area contributed by atoms with Crippen LogP contribution < -0.4 is 0 Å². The summed E-state index contributed by atoms with van der Waals surface area (Å²) < 4.78 is 25.4.